The van der Waals surface area contributed by atoms with E-state index in [1.165, 1.54) is 19.4 Å². The topological polar surface area (TPSA) is 75.6 Å². The zero-order valence-corrected chi connectivity index (χ0v) is 17.5. The third kappa shape index (κ3) is 4.98. The first-order valence-electron chi connectivity index (χ1n) is 10.1. The Morgan fingerprint density at radius 3 is 2.37 bits per heavy atom. The van der Waals surface area contributed by atoms with E-state index in [-0.39, 0.29) is 6.10 Å². The van der Waals surface area contributed by atoms with Gasteiger partial charge in [0.2, 0.25) is 0 Å². The Labute approximate surface area is 176 Å². The van der Waals surface area contributed by atoms with Crippen molar-refractivity contribution in [2.45, 2.75) is 45.3 Å². The van der Waals surface area contributed by atoms with Gasteiger partial charge in [0, 0.05) is 5.39 Å². The molecule has 3 aromatic carbocycles. The number of amides is 1. The summed E-state index contributed by atoms with van der Waals surface area (Å²) in [7, 11) is 0. The van der Waals surface area contributed by atoms with Crippen LogP contribution in [0.3, 0.4) is 0 Å². The van der Waals surface area contributed by atoms with Crippen LogP contribution in [0.5, 0.6) is 5.75 Å². The molecule has 0 fully saturated rings. The van der Waals surface area contributed by atoms with Crippen molar-refractivity contribution in [1.29, 1.82) is 0 Å². The van der Waals surface area contributed by atoms with E-state index in [4.69, 9.17) is 4.74 Å². The van der Waals surface area contributed by atoms with Crippen molar-refractivity contribution in [3.8, 4) is 5.75 Å². The lowest BCUT2D eigenvalue weighted by Crippen LogP contribution is -2.49. The predicted octanol–water partition coefficient (Wildman–Crippen LogP) is 4.83. The number of carboxylic acids is 1. The Morgan fingerprint density at radius 1 is 1.00 bits per heavy atom. The van der Waals surface area contributed by atoms with Crippen molar-refractivity contribution in [3.63, 3.8) is 0 Å². The fourth-order valence-electron chi connectivity index (χ4n) is 3.23. The van der Waals surface area contributed by atoms with Gasteiger partial charge >= 0.3 is 5.97 Å². The second-order valence-corrected chi connectivity index (χ2v) is 8.00. The fraction of sp³-hybridized carbons (Fsp3) is 0.280. The minimum Gasteiger partial charge on any atom is -0.489 e. The number of nitrogens with one attached hydrogen (secondary N) is 1. The lowest BCUT2D eigenvalue weighted by molar-refractivity contribution is -0.143. The highest BCUT2D eigenvalue weighted by atomic mass is 16.5. The van der Waals surface area contributed by atoms with E-state index in [1.54, 1.807) is 6.07 Å². The highest BCUT2D eigenvalue weighted by Crippen LogP contribution is 2.31. The molecule has 0 aliphatic heterocycles. The van der Waals surface area contributed by atoms with Crippen molar-refractivity contribution in [2.75, 3.05) is 0 Å². The summed E-state index contributed by atoms with van der Waals surface area (Å²) in [4.78, 5) is 24.4. The number of carbonyl (C=O) groups excluding carboxylic acids is 1. The molecule has 30 heavy (non-hydrogen) atoms. The number of aryl methyl sites for hydroxylation is 1. The van der Waals surface area contributed by atoms with Gasteiger partial charge in [-0.1, -0.05) is 60.7 Å². The Balaban J connectivity index is 1.88. The van der Waals surface area contributed by atoms with Gasteiger partial charge in [0.15, 0.2) is 0 Å². The molecule has 0 saturated heterocycles. The highest BCUT2D eigenvalue weighted by Gasteiger charge is 2.30. The SMILES string of the molecule is C[C@H](CCc1ccccc1)Oc1c(C(=O)NC(C)(C)C(=O)O)ccc2ccccc12. The summed E-state index contributed by atoms with van der Waals surface area (Å²) in [5.74, 6) is -1.10. The fourth-order valence-corrected chi connectivity index (χ4v) is 3.23. The third-order valence-electron chi connectivity index (χ3n) is 5.09. The zero-order chi connectivity index (χ0) is 21.7. The molecule has 1 amide bonds. The second-order valence-electron chi connectivity index (χ2n) is 8.00. The molecular formula is C25H27NO4. The molecule has 0 radical (unpaired) electrons. The van der Waals surface area contributed by atoms with Gasteiger partial charge in [0.1, 0.15) is 11.3 Å². The van der Waals surface area contributed by atoms with Crippen LogP contribution < -0.4 is 10.1 Å². The number of hydrogen-bond acceptors (Lipinski definition) is 3. The Bertz CT molecular complexity index is 1040. The smallest absolute Gasteiger partial charge is 0.328 e. The molecule has 0 aliphatic rings. The van der Waals surface area contributed by atoms with Gasteiger partial charge in [-0.2, -0.15) is 0 Å². The Morgan fingerprint density at radius 2 is 1.67 bits per heavy atom. The van der Waals surface area contributed by atoms with Gasteiger partial charge in [-0.3, -0.25) is 4.79 Å². The van der Waals surface area contributed by atoms with Crippen LogP contribution in [0.2, 0.25) is 0 Å². The average Bonchev–Trinajstić information content (AvgIpc) is 2.72. The molecule has 5 nitrogen and oxygen atoms in total. The first kappa shape index (κ1) is 21.4. The monoisotopic (exact) mass is 405 g/mol. The molecule has 0 aliphatic carbocycles. The maximum atomic E-state index is 12.9. The van der Waals surface area contributed by atoms with E-state index >= 15 is 0 Å². The van der Waals surface area contributed by atoms with Gasteiger partial charge in [0.05, 0.1) is 11.7 Å². The number of benzene rings is 3. The minimum atomic E-state index is -1.39. The van der Waals surface area contributed by atoms with Gasteiger partial charge in [-0.25, -0.2) is 4.79 Å². The first-order chi connectivity index (χ1) is 14.3. The first-order valence-corrected chi connectivity index (χ1v) is 10.1. The second kappa shape index (κ2) is 8.99. The highest BCUT2D eigenvalue weighted by molar-refractivity contribution is 6.05. The Kier molecular flexibility index (Phi) is 6.40. The number of carbonyl (C=O) groups is 2. The standard InChI is InChI=1S/C25H27NO4/c1-17(13-14-18-9-5-4-6-10-18)30-22-20-12-8-7-11-19(20)15-16-21(22)23(27)26-25(2,3)24(28)29/h4-12,15-17H,13-14H2,1-3H3,(H,26,27)(H,28,29)/t17-/m1/s1. The molecule has 1 atom stereocenters. The van der Waals surface area contributed by atoms with Crippen LogP contribution in [0, 0.1) is 0 Å². The summed E-state index contributed by atoms with van der Waals surface area (Å²) < 4.78 is 6.27. The number of fused-ring (bicyclic) bond motifs is 1. The number of aliphatic carboxylic acids is 1. The molecule has 3 rings (SSSR count). The lowest BCUT2D eigenvalue weighted by atomic mass is 10.0. The molecule has 0 saturated carbocycles. The summed E-state index contributed by atoms with van der Waals surface area (Å²) >= 11 is 0. The van der Waals surface area contributed by atoms with E-state index in [2.05, 4.69) is 17.4 Å². The third-order valence-corrected chi connectivity index (χ3v) is 5.09. The van der Waals surface area contributed by atoms with Crippen molar-refractivity contribution in [3.05, 3.63) is 77.9 Å². The molecule has 0 heterocycles. The number of rotatable bonds is 8. The van der Waals surface area contributed by atoms with Gasteiger partial charge in [0.25, 0.3) is 5.91 Å². The lowest BCUT2D eigenvalue weighted by Gasteiger charge is -2.23. The molecule has 3 aromatic rings. The molecule has 0 aromatic heterocycles. The molecule has 156 valence electrons. The van der Waals surface area contributed by atoms with Crippen LogP contribution in [0.25, 0.3) is 10.8 Å². The predicted molar refractivity (Wildman–Crippen MR) is 118 cm³/mol. The maximum Gasteiger partial charge on any atom is 0.328 e. The van der Waals surface area contributed by atoms with Crippen LogP contribution in [-0.4, -0.2) is 28.6 Å². The van der Waals surface area contributed by atoms with Crippen LogP contribution in [0.4, 0.5) is 0 Å². The summed E-state index contributed by atoms with van der Waals surface area (Å²) in [6.45, 7) is 4.89. The largest absolute Gasteiger partial charge is 0.489 e. The molecular weight excluding hydrogens is 378 g/mol. The van der Waals surface area contributed by atoms with Crippen LogP contribution in [-0.2, 0) is 11.2 Å². The maximum absolute atomic E-state index is 12.9. The number of ether oxygens (including phenoxy) is 1. The molecule has 0 bridgehead atoms. The van der Waals surface area contributed by atoms with Crippen LogP contribution in [0.15, 0.2) is 66.7 Å². The normalized spacial score (nSPS) is 12.4. The van der Waals surface area contributed by atoms with Crippen molar-refractivity contribution < 1.29 is 19.4 Å². The zero-order valence-electron chi connectivity index (χ0n) is 17.5. The van der Waals surface area contributed by atoms with Crippen LogP contribution in [0.1, 0.15) is 43.1 Å². The minimum absolute atomic E-state index is 0.130. The number of hydrogen-bond donors (Lipinski definition) is 2. The summed E-state index contributed by atoms with van der Waals surface area (Å²) in [5, 5.41) is 13.7. The summed E-state index contributed by atoms with van der Waals surface area (Å²) in [5.41, 5.74) is 0.167. The van der Waals surface area contributed by atoms with E-state index in [1.807, 2.05) is 55.5 Å². The summed E-state index contributed by atoms with van der Waals surface area (Å²) in [6.07, 6.45) is 1.52. The van der Waals surface area contributed by atoms with Crippen molar-refractivity contribution in [1.82, 2.24) is 5.32 Å². The number of carboxylic acid groups (broad SMARTS) is 1. The van der Waals surface area contributed by atoms with E-state index in [0.29, 0.717) is 11.3 Å². The van der Waals surface area contributed by atoms with Gasteiger partial charge in [-0.05, 0) is 50.6 Å². The van der Waals surface area contributed by atoms with Gasteiger partial charge < -0.3 is 15.2 Å². The van der Waals surface area contributed by atoms with E-state index < -0.39 is 17.4 Å². The van der Waals surface area contributed by atoms with Gasteiger partial charge in [-0.15, -0.1) is 0 Å². The average molecular weight is 405 g/mol. The van der Waals surface area contributed by atoms with Crippen molar-refractivity contribution >= 4 is 22.6 Å². The molecule has 2 N–H and O–H groups in total. The molecule has 0 unspecified atom stereocenters. The van der Waals surface area contributed by atoms with E-state index in [9.17, 15) is 14.7 Å². The van der Waals surface area contributed by atoms with Crippen LogP contribution >= 0.6 is 0 Å². The Hall–Kier alpha value is -3.34. The van der Waals surface area contributed by atoms with Crippen molar-refractivity contribution in [2.24, 2.45) is 0 Å². The molecule has 0 spiro atoms. The quantitative estimate of drug-likeness (QED) is 0.563. The molecule has 5 heteroatoms. The van der Waals surface area contributed by atoms with E-state index in [0.717, 1.165) is 23.6 Å². The summed E-state index contributed by atoms with van der Waals surface area (Å²) in [6, 6.07) is 21.4.